The molecule has 0 unspecified atom stereocenters. The maximum atomic E-state index is 13.7. The number of nitrogens with zero attached hydrogens (tertiary/aromatic N) is 3. The highest BCUT2D eigenvalue weighted by atomic mass is 32.2. The first-order valence-corrected chi connectivity index (χ1v) is 10.3. The summed E-state index contributed by atoms with van der Waals surface area (Å²) in [7, 11) is 0. The summed E-state index contributed by atoms with van der Waals surface area (Å²) in [5, 5.41) is 11.5. The van der Waals surface area contributed by atoms with Crippen molar-refractivity contribution in [1.82, 2.24) is 20.1 Å². The van der Waals surface area contributed by atoms with Gasteiger partial charge in [-0.05, 0) is 43.3 Å². The molecule has 0 spiro atoms. The summed E-state index contributed by atoms with van der Waals surface area (Å²) in [5.74, 6) is -0.788. The predicted octanol–water partition coefficient (Wildman–Crippen LogP) is 3.52. The molecule has 0 bridgehead atoms. The average molecular weight is 430 g/mol. The van der Waals surface area contributed by atoms with Crippen molar-refractivity contribution in [2.75, 3.05) is 12.3 Å². The molecule has 3 aromatic rings. The normalized spacial score (nSPS) is 10.8. The highest BCUT2D eigenvalue weighted by Gasteiger charge is 2.15. The molecule has 3 rings (SSSR count). The van der Waals surface area contributed by atoms with Crippen LogP contribution in [-0.2, 0) is 13.0 Å². The zero-order valence-electron chi connectivity index (χ0n) is 16.3. The molecule has 0 fully saturated rings. The van der Waals surface area contributed by atoms with Gasteiger partial charge < -0.3 is 9.88 Å². The predicted molar refractivity (Wildman–Crippen MR) is 110 cm³/mol. The van der Waals surface area contributed by atoms with E-state index in [2.05, 4.69) is 15.5 Å². The molecular formula is C21H20F2N4O2S. The van der Waals surface area contributed by atoms with Crippen molar-refractivity contribution in [2.24, 2.45) is 0 Å². The highest BCUT2D eigenvalue weighted by molar-refractivity contribution is 7.99. The average Bonchev–Trinajstić information content (AvgIpc) is 3.14. The Balaban J connectivity index is 1.56. The molecule has 0 aliphatic carbocycles. The Hall–Kier alpha value is -3.07. The largest absolute Gasteiger partial charge is 0.351 e. The lowest BCUT2D eigenvalue weighted by Gasteiger charge is -2.08. The number of rotatable bonds is 9. The summed E-state index contributed by atoms with van der Waals surface area (Å²) in [4.78, 5) is 24.4. The molecule has 1 N–H and O–H groups in total. The van der Waals surface area contributed by atoms with Gasteiger partial charge in [0.15, 0.2) is 10.9 Å². The van der Waals surface area contributed by atoms with Gasteiger partial charge in [0.05, 0.1) is 11.3 Å². The van der Waals surface area contributed by atoms with E-state index in [-0.39, 0.29) is 23.6 Å². The van der Waals surface area contributed by atoms with Crippen LogP contribution in [0.3, 0.4) is 0 Å². The van der Waals surface area contributed by atoms with Gasteiger partial charge in [0.2, 0.25) is 0 Å². The summed E-state index contributed by atoms with van der Waals surface area (Å²) in [6, 6.07) is 11.2. The van der Waals surface area contributed by atoms with E-state index >= 15 is 0 Å². The maximum Gasteiger partial charge on any atom is 0.254 e. The Kier molecular flexibility index (Phi) is 7.29. The number of thioether (sulfide) groups is 1. The second kappa shape index (κ2) is 10.1. The molecular weight excluding hydrogens is 410 g/mol. The van der Waals surface area contributed by atoms with Gasteiger partial charge in [-0.2, -0.15) is 0 Å². The van der Waals surface area contributed by atoms with E-state index in [4.69, 9.17) is 0 Å². The van der Waals surface area contributed by atoms with Gasteiger partial charge in [0.1, 0.15) is 17.5 Å². The van der Waals surface area contributed by atoms with Crippen LogP contribution in [0.15, 0.2) is 53.7 Å². The van der Waals surface area contributed by atoms with Crippen LogP contribution in [0, 0.1) is 11.6 Å². The van der Waals surface area contributed by atoms with Gasteiger partial charge in [-0.25, -0.2) is 8.78 Å². The van der Waals surface area contributed by atoms with Gasteiger partial charge in [-0.3, -0.25) is 9.59 Å². The summed E-state index contributed by atoms with van der Waals surface area (Å²) in [6.07, 6.45) is 0.410. The van der Waals surface area contributed by atoms with Crippen molar-refractivity contribution < 1.29 is 18.4 Å². The first-order chi connectivity index (χ1) is 14.5. The van der Waals surface area contributed by atoms with Crippen LogP contribution in [0.1, 0.15) is 33.5 Å². The Bertz CT molecular complexity index is 1040. The summed E-state index contributed by atoms with van der Waals surface area (Å²) >= 11 is 1.25. The minimum atomic E-state index is -0.573. The molecule has 156 valence electrons. The lowest BCUT2D eigenvalue weighted by molar-refractivity contribution is 0.0949. The third-order valence-electron chi connectivity index (χ3n) is 4.36. The second-order valence-corrected chi connectivity index (χ2v) is 7.29. The van der Waals surface area contributed by atoms with Crippen LogP contribution in [0.25, 0.3) is 0 Å². The fourth-order valence-corrected chi connectivity index (χ4v) is 3.72. The molecule has 6 nitrogen and oxygen atoms in total. The topological polar surface area (TPSA) is 76.9 Å². The standard InChI is InChI=1S/C21H20F2N4O2S/c1-2-27-19(11-12-24-20(29)16-5-3-4-6-17(16)23)25-26-21(27)30-13-18(28)14-7-9-15(22)10-8-14/h3-10H,2,11-13H2,1H3,(H,24,29). The van der Waals surface area contributed by atoms with Gasteiger partial charge in [-0.15, -0.1) is 10.2 Å². The quantitative estimate of drug-likeness (QED) is 0.415. The molecule has 0 radical (unpaired) electrons. The van der Waals surface area contributed by atoms with Gasteiger partial charge in [0, 0.05) is 25.1 Å². The Morgan fingerprint density at radius 2 is 1.80 bits per heavy atom. The van der Waals surface area contributed by atoms with Crippen LogP contribution in [0.4, 0.5) is 8.78 Å². The van der Waals surface area contributed by atoms with Crippen LogP contribution < -0.4 is 5.32 Å². The molecule has 0 aliphatic rings. The number of carbonyl (C=O) groups is 2. The van der Waals surface area contributed by atoms with Crippen LogP contribution in [0.2, 0.25) is 0 Å². The van der Waals surface area contributed by atoms with E-state index in [1.807, 2.05) is 11.5 Å². The number of aromatic nitrogens is 3. The lowest BCUT2D eigenvalue weighted by atomic mass is 10.1. The van der Waals surface area contributed by atoms with Crippen molar-refractivity contribution in [1.29, 1.82) is 0 Å². The number of hydrogen-bond acceptors (Lipinski definition) is 5. The lowest BCUT2D eigenvalue weighted by Crippen LogP contribution is -2.27. The fraction of sp³-hybridized carbons (Fsp3) is 0.238. The zero-order valence-corrected chi connectivity index (χ0v) is 17.1. The van der Waals surface area contributed by atoms with Crippen LogP contribution in [0.5, 0.6) is 0 Å². The van der Waals surface area contributed by atoms with Crippen molar-refractivity contribution in [3.05, 3.63) is 77.1 Å². The van der Waals surface area contributed by atoms with E-state index < -0.39 is 17.5 Å². The van der Waals surface area contributed by atoms with Crippen LogP contribution >= 0.6 is 11.8 Å². The molecule has 0 atom stereocenters. The Labute approximate surface area is 176 Å². The molecule has 9 heteroatoms. The van der Waals surface area contributed by atoms with E-state index in [0.29, 0.717) is 29.5 Å². The van der Waals surface area contributed by atoms with E-state index in [1.54, 1.807) is 6.07 Å². The monoisotopic (exact) mass is 430 g/mol. The molecule has 0 saturated carbocycles. The van der Waals surface area contributed by atoms with Gasteiger partial charge in [0.25, 0.3) is 5.91 Å². The number of hydrogen-bond donors (Lipinski definition) is 1. The minimum absolute atomic E-state index is 0.00925. The van der Waals surface area contributed by atoms with Crippen molar-refractivity contribution >= 4 is 23.5 Å². The maximum absolute atomic E-state index is 13.7. The summed E-state index contributed by atoms with van der Waals surface area (Å²) in [5.41, 5.74) is 0.424. The molecule has 1 heterocycles. The zero-order chi connectivity index (χ0) is 21.5. The summed E-state index contributed by atoms with van der Waals surface area (Å²) < 4.78 is 28.5. The highest BCUT2D eigenvalue weighted by Crippen LogP contribution is 2.19. The SMILES string of the molecule is CCn1c(CCNC(=O)c2ccccc2F)nnc1SCC(=O)c1ccc(F)cc1. The number of halogens is 2. The second-order valence-electron chi connectivity index (χ2n) is 6.35. The number of carbonyl (C=O) groups excluding carboxylic acids is 2. The van der Waals surface area contributed by atoms with E-state index in [1.165, 1.54) is 54.2 Å². The first kappa shape index (κ1) is 21.6. The Morgan fingerprint density at radius 3 is 2.50 bits per heavy atom. The van der Waals surface area contributed by atoms with Crippen molar-refractivity contribution in [3.63, 3.8) is 0 Å². The summed E-state index contributed by atoms with van der Waals surface area (Å²) in [6.45, 7) is 2.79. The molecule has 30 heavy (non-hydrogen) atoms. The third kappa shape index (κ3) is 5.29. The Morgan fingerprint density at radius 1 is 1.07 bits per heavy atom. The fourth-order valence-electron chi connectivity index (χ4n) is 2.81. The number of Topliss-reactive ketones (excluding diaryl/α,β-unsaturated/α-hetero) is 1. The van der Waals surface area contributed by atoms with E-state index in [9.17, 15) is 18.4 Å². The molecule has 2 aromatic carbocycles. The minimum Gasteiger partial charge on any atom is -0.351 e. The molecule has 0 saturated heterocycles. The third-order valence-corrected chi connectivity index (χ3v) is 5.33. The smallest absolute Gasteiger partial charge is 0.254 e. The number of amides is 1. The van der Waals surface area contributed by atoms with Crippen molar-refractivity contribution in [3.8, 4) is 0 Å². The number of ketones is 1. The van der Waals surface area contributed by atoms with Gasteiger partial charge in [-0.1, -0.05) is 23.9 Å². The first-order valence-electron chi connectivity index (χ1n) is 9.36. The van der Waals surface area contributed by atoms with E-state index in [0.717, 1.165) is 0 Å². The van der Waals surface area contributed by atoms with Gasteiger partial charge >= 0.3 is 0 Å². The number of benzene rings is 2. The number of nitrogens with one attached hydrogen (secondary N) is 1. The molecule has 1 aromatic heterocycles. The molecule has 1 amide bonds. The van der Waals surface area contributed by atoms with Crippen LogP contribution in [-0.4, -0.2) is 38.8 Å². The van der Waals surface area contributed by atoms with Crippen molar-refractivity contribution in [2.45, 2.75) is 25.0 Å². The molecule has 0 aliphatic heterocycles.